The van der Waals surface area contributed by atoms with Crippen molar-refractivity contribution in [3.8, 4) is 5.75 Å². The van der Waals surface area contributed by atoms with Gasteiger partial charge in [-0.3, -0.25) is 4.79 Å². The van der Waals surface area contributed by atoms with Gasteiger partial charge in [0, 0.05) is 5.39 Å². The molecule has 2 aromatic carbocycles. The quantitative estimate of drug-likeness (QED) is 0.182. The number of esters is 1. The smallest absolute Gasteiger partial charge is 0.460 e. The first-order valence-electron chi connectivity index (χ1n) is 7.44. The summed E-state index contributed by atoms with van der Waals surface area (Å²) in [6, 6.07) is 1.98. The molecule has 28 heavy (non-hydrogen) atoms. The monoisotopic (exact) mass is 426 g/mol. The minimum Gasteiger partial charge on any atom is -0.460 e. The van der Waals surface area contributed by atoms with Crippen LogP contribution in [0.3, 0.4) is 0 Å². The molecule has 152 valence electrons. The molecule has 0 spiro atoms. The highest BCUT2D eigenvalue weighted by molar-refractivity contribution is 7.88. The summed E-state index contributed by atoms with van der Waals surface area (Å²) in [5, 5.41) is -0.922. The van der Waals surface area contributed by atoms with E-state index in [0.717, 1.165) is 13.0 Å². The Morgan fingerprint density at radius 2 is 1.64 bits per heavy atom. The van der Waals surface area contributed by atoms with Crippen LogP contribution in [-0.4, -0.2) is 32.3 Å². The van der Waals surface area contributed by atoms with E-state index >= 15 is 0 Å². The lowest BCUT2D eigenvalue weighted by Crippen LogP contribution is -2.29. The molecular weight excluding hydrogens is 415 g/mol. The van der Waals surface area contributed by atoms with Gasteiger partial charge in [-0.2, -0.15) is 21.6 Å². The molecule has 0 bridgehead atoms. The Labute approximate surface area is 155 Å². The van der Waals surface area contributed by atoms with E-state index in [1.807, 2.05) is 0 Å². The molecule has 0 atom stereocenters. The molecule has 2 aromatic rings. The third-order valence-electron chi connectivity index (χ3n) is 3.49. The number of hydrogen-bond acceptors (Lipinski definition) is 6. The largest absolute Gasteiger partial charge is 0.534 e. The third-order valence-corrected chi connectivity index (χ3v) is 4.45. The lowest BCUT2D eigenvalue weighted by molar-refractivity contribution is -0.137. The number of hydrogen-bond donors (Lipinski definition) is 0. The van der Waals surface area contributed by atoms with Gasteiger partial charge < -0.3 is 8.92 Å². The van der Waals surface area contributed by atoms with Gasteiger partial charge in [0.25, 0.3) is 5.78 Å². The van der Waals surface area contributed by atoms with Crippen LogP contribution >= 0.6 is 0 Å². The molecule has 12 heteroatoms. The van der Waals surface area contributed by atoms with Gasteiger partial charge in [-0.1, -0.05) is 6.07 Å². The normalized spacial score (nSPS) is 12.1. The Hall–Kier alpha value is -2.76. The van der Waals surface area contributed by atoms with E-state index in [9.17, 15) is 40.0 Å². The Balaban J connectivity index is 2.88. The van der Waals surface area contributed by atoms with Gasteiger partial charge in [-0.15, -0.1) is 0 Å². The maximum absolute atomic E-state index is 13.6. The van der Waals surface area contributed by atoms with Crippen LogP contribution in [-0.2, 0) is 19.6 Å². The number of aryl methyl sites for hydroxylation is 1. The Bertz CT molecular complexity index is 1080. The first-order chi connectivity index (χ1) is 12.8. The summed E-state index contributed by atoms with van der Waals surface area (Å²) in [7, 11) is -6.30. The highest BCUT2D eigenvalue weighted by atomic mass is 32.2. The second-order valence-corrected chi connectivity index (χ2v) is 6.96. The number of alkyl halides is 3. The molecule has 0 saturated carbocycles. The van der Waals surface area contributed by atoms with Gasteiger partial charge in [0.2, 0.25) is 0 Å². The lowest BCUT2D eigenvalue weighted by atomic mass is 9.97. The highest BCUT2D eigenvalue weighted by Gasteiger charge is 2.49. The van der Waals surface area contributed by atoms with Gasteiger partial charge >= 0.3 is 21.6 Å². The van der Waals surface area contributed by atoms with Gasteiger partial charge in [0.1, 0.15) is 0 Å². The van der Waals surface area contributed by atoms with E-state index in [-0.39, 0.29) is 17.6 Å². The first kappa shape index (κ1) is 21.5. The van der Waals surface area contributed by atoms with Gasteiger partial charge in [0.15, 0.2) is 17.4 Å². The van der Waals surface area contributed by atoms with Crippen LogP contribution in [0.2, 0.25) is 0 Å². The minimum atomic E-state index is -6.30. The van der Waals surface area contributed by atoms with E-state index in [0.29, 0.717) is 12.1 Å². The molecule has 2 rings (SSSR count). The predicted molar refractivity (Wildman–Crippen MR) is 85.2 cm³/mol. The van der Waals surface area contributed by atoms with E-state index in [1.165, 1.54) is 6.92 Å². The number of benzene rings is 2. The summed E-state index contributed by atoms with van der Waals surface area (Å²) in [4.78, 5) is 24.0. The number of rotatable bonds is 5. The molecular formula is C16H11F5O6S. The van der Waals surface area contributed by atoms with Gasteiger partial charge in [0.05, 0.1) is 12.2 Å². The van der Waals surface area contributed by atoms with Crippen molar-refractivity contribution in [2.75, 3.05) is 6.61 Å². The maximum Gasteiger partial charge on any atom is 0.534 e. The number of ether oxygens (including phenoxy) is 1. The van der Waals surface area contributed by atoms with Crippen molar-refractivity contribution in [3.05, 3.63) is 41.0 Å². The molecule has 0 amide bonds. The highest BCUT2D eigenvalue weighted by Crippen LogP contribution is 2.38. The molecule has 0 unspecified atom stereocenters. The van der Waals surface area contributed by atoms with Crippen molar-refractivity contribution in [1.29, 1.82) is 0 Å². The Morgan fingerprint density at radius 1 is 1.07 bits per heavy atom. The summed E-state index contributed by atoms with van der Waals surface area (Å²) in [6.45, 7) is 2.23. The fourth-order valence-corrected chi connectivity index (χ4v) is 2.81. The summed E-state index contributed by atoms with van der Waals surface area (Å²) in [5.74, 6) is -7.19. The summed E-state index contributed by atoms with van der Waals surface area (Å²) >= 11 is 0. The first-order valence-corrected chi connectivity index (χ1v) is 8.85. The predicted octanol–water partition coefficient (Wildman–Crippen LogP) is 3.40. The van der Waals surface area contributed by atoms with E-state index in [4.69, 9.17) is 0 Å². The SMILES string of the molecule is CCOC(=O)C(=O)c1c(C)cc2cc(F)c(F)cc2c1OS(=O)(=O)C(F)(F)F. The molecule has 0 fully saturated rings. The van der Waals surface area contributed by atoms with Crippen LogP contribution in [0.25, 0.3) is 10.8 Å². The minimum absolute atomic E-state index is 0.219. The fourth-order valence-electron chi connectivity index (χ4n) is 2.32. The lowest BCUT2D eigenvalue weighted by Gasteiger charge is -2.16. The fraction of sp³-hybridized carbons (Fsp3) is 0.250. The van der Waals surface area contributed by atoms with Crippen molar-refractivity contribution in [3.63, 3.8) is 0 Å². The Morgan fingerprint density at radius 3 is 2.18 bits per heavy atom. The van der Waals surface area contributed by atoms with Crippen molar-refractivity contribution in [2.24, 2.45) is 0 Å². The van der Waals surface area contributed by atoms with E-state index in [2.05, 4.69) is 8.92 Å². The number of halogens is 5. The standard InChI is InChI=1S/C16H11F5O6S/c1-3-26-15(23)13(22)12-7(2)4-8-5-10(17)11(18)6-9(8)14(12)27-28(24,25)16(19,20)21/h4-6H,3H2,1-2H3. The maximum atomic E-state index is 13.6. The van der Waals surface area contributed by atoms with Crippen LogP contribution in [0, 0.1) is 18.6 Å². The number of carbonyl (C=O) groups excluding carboxylic acids is 2. The molecule has 0 aliphatic carbocycles. The van der Waals surface area contributed by atoms with Crippen LogP contribution in [0.1, 0.15) is 22.8 Å². The molecule has 0 aliphatic heterocycles. The molecule has 0 aromatic heterocycles. The molecule has 6 nitrogen and oxygen atoms in total. The van der Waals surface area contributed by atoms with E-state index < -0.39 is 55.7 Å². The zero-order chi connectivity index (χ0) is 21.4. The van der Waals surface area contributed by atoms with Crippen LogP contribution in [0.5, 0.6) is 5.75 Å². The number of ketones is 1. The average Bonchev–Trinajstić information content (AvgIpc) is 2.55. The Kier molecular flexibility index (Phi) is 5.64. The van der Waals surface area contributed by atoms with Crippen molar-refractivity contribution >= 4 is 32.6 Å². The van der Waals surface area contributed by atoms with Crippen LogP contribution in [0.4, 0.5) is 22.0 Å². The van der Waals surface area contributed by atoms with Crippen LogP contribution < -0.4 is 4.18 Å². The van der Waals surface area contributed by atoms with Crippen LogP contribution in [0.15, 0.2) is 18.2 Å². The average molecular weight is 426 g/mol. The van der Waals surface area contributed by atoms with Gasteiger partial charge in [-0.05, 0) is 36.9 Å². The number of fused-ring (bicyclic) bond motifs is 1. The molecule has 0 saturated heterocycles. The number of Topliss-reactive ketones (excluding diaryl/α,β-unsaturated/α-hetero) is 1. The van der Waals surface area contributed by atoms with Gasteiger partial charge in [-0.25, -0.2) is 13.6 Å². The van der Waals surface area contributed by atoms with E-state index in [1.54, 1.807) is 0 Å². The summed E-state index contributed by atoms with van der Waals surface area (Å²) in [6.07, 6.45) is 0. The summed E-state index contributed by atoms with van der Waals surface area (Å²) < 4.78 is 96.8. The third kappa shape index (κ3) is 3.91. The van der Waals surface area contributed by atoms with Crippen molar-refractivity contribution in [1.82, 2.24) is 0 Å². The second kappa shape index (κ2) is 7.34. The molecule has 0 radical (unpaired) electrons. The second-order valence-electron chi connectivity index (χ2n) is 5.42. The van der Waals surface area contributed by atoms with Crippen molar-refractivity contribution < 1.29 is 48.9 Å². The van der Waals surface area contributed by atoms with Crippen molar-refractivity contribution in [2.45, 2.75) is 19.4 Å². The topological polar surface area (TPSA) is 86.7 Å². The zero-order valence-electron chi connectivity index (χ0n) is 14.2. The molecule has 0 heterocycles. The molecule has 0 N–H and O–H groups in total. The molecule has 0 aliphatic rings. The zero-order valence-corrected chi connectivity index (χ0v) is 15.0. The number of carbonyl (C=O) groups is 2. The summed E-state index contributed by atoms with van der Waals surface area (Å²) in [5.41, 5.74) is -6.99.